The smallest absolute Gasteiger partial charge is 0.198 e. The van der Waals surface area contributed by atoms with E-state index in [0.717, 1.165) is 6.08 Å². The Balaban J connectivity index is 2.31. The Morgan fingerprint density at radius 1 is 1.18 bits per heavy atom. The lowest BCUT2D eigenvalue weighted by Gasteiger charge is -2.25. The average Bonchev–Trinajstić information content (AvgIpc) is 2.34. The van der Waals surface area contributed by atoms with Crippen LogP contribution in [0.4, 0.5) is 0 Å². The van der Waals surface area contributed by atoms with E-state index >= 15 is 0 Å². The zero-order chi connectivity index (χ0) is 12.5. The van der Waals surface area contributed by atoms with Crippen molar-refractivity contribution in [2.45, 2.75) is 12.0 Å². The summed E-state index contributed by atoms with van der Waals surface area (Å²) >= 11 is 0. The number of Topliss-reactive ketones (excluding diaryl/α,β-unsaturated/α-hetero) is 1. The number of hydrogen-bond acceptors (Lipinski definition) is 4. The van der Waals surface area contributed by atoms with Gasteiger partial charge in [-0.2, -0.15) is 0 Å². The lowest BCUT2D eigenvalue weighted by molar-refractivity contribution is 0.0467. The fourth-order valence-corrected chi connectivity index (χ4v) is 1.71. The fraction of sp³-hybridized carbons (Fsp3) is 0.154. The Morgan fingerprint density at radius 3 is 2.41 bits per heavy atom. The van der Waals surface area contributed by atoms with Crippen molar-refractivity contribution < 1.29 is 20.1 Å². The third-order valence-electron chi connectivity index (χ3n) is 2.68. The van der Waals surface area contributed by atoms with E-state index in [0.29, 0.717) is 5.56 Å². The number of hydrogen-bond donors (Lipinski definition) is 3. The van der Waals surface area contributed by atoms with Gasteiger partial charge in [0, 0.05) is 12.0 Å². The lowest BCUT2D eigenvalue weighted by atomic mass is 9.86. The van der Waals surface area contributed by atoms with Crippen LogP contribution in [-0.2, 0) is 0 Å². The molecule has 0 spiro atoms. The molecule has 4 nitrogen and oxygen atoms in total. The van der Waals surface area contributed by atoms with Gasteiger partial charge in [0.1, 0.15) is 5.76 Å². The van der Waals surface area contributed by atoms with E-state index in [-0.39, 0.29) is 17.9 Å². The van der Waals surface area contributed by atoms with Gasteiger partial charge < -0.3 is 15.3 Å². The number of aliphatic hydroxyl groups is 3. The molecule has 0 fully saturated rings. The molecule has 0 amide bonds. The number of carbonyl (C=O) groups is 1. The molecule has 0 radical (unpaired) electrons. The summed E-state index contributed by atoms with van der Waals surface area (Å²) in [6.45, 7) is 0. The van der Waals surface area contributed by atoms with Crippen molar-refractivity contribution in [2.24, 2.45) is 0 Å². The highest BCUT2D eigenvalue weighted by Crippen LogP contribution is 2.27. The number of aliphatic hydroxyl groups excluding tert-OH is 2. The number of rotatable bonds is 2. The highest BCUT2D eigenvalue weighted by molar-refractivity contribution is 6.04. The van der Waals surface area contributed by atoms with Gasteiger partial charge in [0.2, 0.25) is 0 Å². The van der Waals surface area contributed by atoms with Crippen LogP contribution in [0.3, 0.4) is 0 Å². The van der Waals surface area contributed by atoms with E-state index in [4.69, 9.17) is 0 Å². The molecule has 88 valence electrons. The summed E-state index contributed by atoms with van der Waals surface area (Å²) in [7, 11) is 0. The molecule has 2 rings (SSSR count). The van der Waals surface area contributed by atoms with E-state index in [2.05, 4.69) is 0 Å². The minimum Gasteiger partial charge on any atom is -0.508 e. The van der Waals surface area contributed by atoms with Crippen LogP contribution in [0, 0.1) is 0 Å². The second-order valence-corrected chi connectivity index (χ2v) is 3.96. The van der Waals surface area contributed by atoms with Crippen molar-refractivity contribution in [3.63, 3.8) is 0 Å². The normalized spacial score (nSPS) is 23.8. The SMILES string of the molecule is O=C(c1ccccc1)C1(O)C=CC(O)=C(O)C1. The quantitative estimate of drug-likeness (QED) is 0.680. The molecular formula is C13H12O4. The van der Waals surface area contributed by atoms with Gasteiger partial charge in [0.15, 0.2) is 17.1 Å². The molecule has 1 aromatic rings. The summed E-state index contributed by atoms with van der Waals surface area (Å²) in [4.78, 5) is 12.1. The fourth-order valence-electron chi connectivity index (χ4n) is 1.71. The van der Waals surface area contributed by atoms with E-state index in [1.54, 1.807) is 30.3 Å². The van der Waals surface area contributed by atoms with E-state index in [9.17, 15) is 20.1 Å². The molecule has 0 heterocycles. The third kappa shape index (κ3) is 2.07. The van der Waals surface area contributed by atoms with Gasteiger partial charge in [0.25, 0.3) is 0 Å². The van der Waals surface area contributed by atoms with Gasteiger partial charge in [-0.15, -0.1) is 0 Å². The van der Waals surface area contributed by atoms with Crippen molar-refractivity contribution in [2.75, 3.05) is 0 Å². The molecule has 1 atom stereocenters. The van der Waals surface area contributed by atoms with Gasteiger partial charge in [-0.05, 0) is 12.2 Å². The molecule has 0 saturated carbocycles. The topological polar surface area (TPSA) is 77.8 Å². The van der Waals surface area contributed by atoms with Crippen LogP contribution in [0.25, 0.3) is 0 Å². The molecule has 0 saturated heterocycles. The minimum atomic E-state index is -1.79. The summed E-state index contributed by atoms with van der Waals surface area (Å²) in [5.41, 5.74) is -1.44. The predicted octanol–water partition coefficient (Wildman–Crippen LogP) is 1.89. The Morgan fingerprint density at radius 2 is 1.82 bits per heavy atom. The Kier molecular flexibility index (Phi) is 2.73. The zero-order valence-electron chi connectivity index (χ0n) is 9.00. The van der Waals surface area contributed by atoms with E-state index in [1.807, 2.05) is 0 Å². The molecule has 1 unspecified atom stereocenters. The molecule has 3 N–H and O–H groups in total. The van der Waals surface area contributed by atoms with Crippen molar-refractivity contribution in [3.05, 3.63) is 59.6 Å². The standard InChI is InChI=1S/C13H12O4/c14-10-6-7-13(17,8-11(10)15)12(16)9-4-2-1-3-5-9/h1-7,14-15,17H,8H2. The second-order valence-electron chi connectivity index (χ2n) is 3.96. The van der Waals surface area contributed by atoms with Crippen molar-refractivity contribution in [3.8, 4) is 0 Å². The third-order valence-corrected chi connectivity index (χ3v) is 2.68. The molecule has 0 aromatic heterocycles. The van der Waals surface area contributed by atoms with Crippen molar-refractivity contribution in [1.29, 1.82) is 0 Å². The van der Waals surface area contributed by atoms with Gasteiger partial charge in [-0.1, -0.05) is 30.3 Å². The Labute approximate surface area is 98.1 Å². The van der Waals surface area contributed by atoms with Gasteiger partial charge in [-0.25, -0.2) is 0 Å². The zero-order valence-corrected chi connectivity index (χ0v) is 9.00. The molecule has 17 heavy (non-hydrogen) atoms. The highest BCUT2D eigenvalue weighted by atomic mass is 16.3. The van der Waals surface area contributed by atoms with Gasteiger partial charge in [-0.3, -0.25) is 4.79 Å². The first-order valence-corrected chi connectivity index (χ1v) is 5.15. The largest absolute Gasteiger partial charge is 0.508 e. The van der Waals surface area contributed by atoms with Gasteiger partial charge >= 0.3 is 0 Å². The molecule has 4 heteroatoms. The Hall–Kier alpha value is -2.07. The molecule has 1 aromatic carbocycles. The Bertz CT molecular complexity index is 501. The first kappa shape index (κ1) is 11.4. The average molecular weight is 232 g/mol. The molecule has 0 aliphatic heterocycles. The van der Waals surface area contributed by atoms with Gasteiger partial charge in [0.05, 0.1) is 0 Å². The van der Waals surface area contributed by atoms with E-state index in [1.165, 1.54) is 6.08 Å². The predicted molar refractivity (Wildman–Crippen MR) is 61.8 cm³/mol. The number of ketones is 1. The van der Waals surface area contributed by atoms with Crippen LogP contribution in [0.2, 0.25) is 0 Å². The maximum atomic E-state index is 12.1. The molecule has 0 bridgehead atoms. The van der Waals surface area contributed by atoms with Crippen LogP contribution >= 0.6 is 0 Å². The van der Waals surface area contributed by atoms with Crippen LogP contribution in [0.1, 0.15) is 16.8 Å². The number of carbonyl (C=O) groups excluding carboxylic acids is 1. The minimum absolute atomic E-state index is 0.316. The monoisotopic (exact) mass is 232 g/mol. The number of benzene rings is 1. The first-order valence-electron chi connectivity index (χ1n) is 5.15. The highest BCUT2D eigenvalue weighted by Gasteiger charge is 2.37. The molecule has 1 aliphatic rings. The maximum absolute atomic E-state index is 12.1. The number of allylic oxidation sites excluding steroid dienone is 1. The van der Waals surface area contributed by atoms with E-state index < -0.39 is 11.4 Å². The summed E-state index contributed by atoms with van der Waals surface area (Å²) < 4.78 is 0. The van der Waals surface area contributed by atoms with Crippen molar-refractivity contribution >= 4 is 5.78 Å². The first-order chi connectivity index (χ1) is 8.03. The summed E-state index contributed by atoms with van der Waals surface area (Å²) in [6, 6.07) is 8.32. The van der Waals surface area contributed by atoms with Crippen LogP contribution in [0.15, 0.2) is 54.0 Å². The summed E-state index contributed by atoms with van der Waals surface area (Å²) in [5.74, 6) is -1.22. The molecule has 1 aliphatic carbocycles. The maximum Gasteiger partial charge on any atom is 0.198 e. The van der Waals surface area contributed by atoms with Crippen molar-refractivity contribution in [1.82, 2.24) is 0 Å². The summed E-state index contributed by atoms with van der Waals surface area (Å²) in [6.07, 6.45) is 2.00. The van der Waals surface area contributed by atoms with Crippen LogP contribution < -0.4 is 0 Å². The van der Waals surface area contributed by atoms with Crippen LogP contribution in [-0.4, -0.2) is 26.7 Å². The second kappa shape index (κ2) is 4.07. The summed E-state index contributed by atoms with van der Waals surface area (Å²) in [5, 5.41) is 28.7. The lowest BCUT2D eigenvalue weighted by Crippen LogP contribution is -2.38. The molecular weight excluding hydrogens is 220 g/mol. The van der Waals surface area contributed by atoms with Crippen LogP contribution in [0.5, 0.6) is 0 Å².